The normalized spacial score (nSPS) is 21.9. The van der Waals surface area contributed by atoms with Crippen molar-refractivity contribution in [2.75, 3.05) is 19.4 Å². The van der Waals surface area contributed by atoms with E-state index in [1.165, 1.54) is 48.8 Å². The minimum absolute atomic E-state index is 0.500. The number of nitrogens with two attached hydrogens (primary N) is 1. The summed E-state index contributed by atoms with van der Waals surface area (Å²) in [7, 11) is 3.80. The Labute approximate surface area is 233 Å². The van der Waals surface area contributed by atoms with E-state index in [0.29, 0.717) is 12.0 Å². The molecule has 1 aromatic rings. The summed E-state index contributed by atoms with van der Waals surface area (Å²) in [4.78, 5) is 0. The van der Waals surface area contributed by atoms with Gasteiger partial charge >= 0.3 is 0 Å². The Morgan fingerprint density at radius 2 is 1.66 bits per heavy atom. The summed E-state index contributed by atoms with van der Waals surface area (Å²) in [6, 6.07) is 9.03. The second-order valence-corrected chi connectivity index (χ2v) is 9.86. The van der Waals surface area contributed by atoms with Gasteiger partial charge in [0.25, 0.3) is 0 Å². The van der Waals surface area contributed by atoms with Gasteiger partial charge in [0.05, 0.1) is 0 Å². The minimum Gasteiger partial charge on any atom is -0.389 e. The molecule has 1 unspecified atom stereocenters. The number of benzene rings is 1. The van der Waals surface area contributed by atoms with Crippen LogP contribution in [0, 0.1) is 5.92 Å². The van der Waals surface area contributed by atoms with E-state index in [2.05, 4.69) is 111 Å². The number of hydrogen-bond acceptors (Lipinski definition) is 3. The number of rotatable bonds is 6. The molecule has 0 aliphatic heterocycles. The maximum absolute atomic E-state index is 5.63. The molecule has 0 heterocycles. The molecule has 1 saturated carbocycles. The topological polar surface area (TPSA) is 50.1 Å². The van der Waals surface area contributed by atoms with E-state index in [-0.39, 0.29) is 0 Å². The molecule has 206 valence electrons. The van der Waals surface area contributed by atoms with E-state index in [0.717, 1.165) is 23.4 Å². The van der Waals surface area contributed by atoms with Crippen molar-refractivity contribution in [1.82, 2.24) is 5.32 Å². The summed E-state index contributed by atoms with van der Waals surface area (Å²) < 4.78 is 0. The van der Waals surface area contributed by atoms with E-state index in [4.69, 9.17) is 5.73 Å². The van der Waals surface area contributed by atoms with Gasteiger partial charge in [-0.2, -0.15) is 0 Å². The quantitative estimate of drug-likeness (QED) is 0.334. The number of anilines is 1. The van der Waals surface area contributed by atoms with Gasteiger partial charge in [0, 0.05) is 31.5 Å². The maximum Gasteiger partial charge on any atom is 0.0337 e. The third-order valence-electron chi connectivity index (χ3n) is 6.58. The van der Waals surface area contributed by atoms with Crippen molar-refractivity contribution >= 4 is 5.69 Å². The molecule has 2 aliphatic carbocycles. The fraction of sp³-hybridized carbons (Fsp3) is 0.371. The number of allylic oxidation sites excluding steroid dienone is 13. The largest absolute Gasteiger partial charge is 0.389 e. The first-order valence-corrected chi connectivity index (χ1v) is 13.9. The molecule has 38 heavy (non-hydrogen) atoms. The van der Waals surface area contributed by atoms with Gasteiger partial charge in [-0.15, -0.1) is 0 Å². The fourth-order valence-corrected chi connectivity index (χ4v) is 3.80. The van der Waals surface area contributed by atoms with Crippen LogP contribution in [0.4, 0.5) is 5.69 Å². The highest BCUT2D eigenvalue weighted by Gasteiger charge is 2.06. The summed E-state index contributed by atoms with van der Waals surface area (Å²) in [5.74, 6) is 0.500. The van der Waals surface area contributed by atoms with E-state index >= 15 is 0 Å². The molecule has 3 heteroatoms. The molecule has 0 radical (unpaired) electrons. The van der Waals surface area contributed by atoms with E-state index in [1.807, 2.05) is 32.3 Å². The highest BCUT2D eigenvalue weighted by Crippen LogP contribution is 2.15. The van der Waals surface area contributed by atoms with Crippen molar-refractivity contribution in [3.63, 3.8) is 0 Å². The lowest BCUT2D eigenvalue weighted by molar-refractivity contribution is 0.441. The zero-order valence-electron chi connectivity index (χ0n) is 24.5. The van der Waals surface area contributed by atoms with Crippen LogP contribution < -0.4 is 16.4 Å². The lowest BCUT2D eigenvalue weighted by atomic mass is 9.97. The average Bonchev–Trinajstić information content (AvgIpc) is 2.94. The highest BCUT2D eigenvalue weighted by molar-refractivity contribution is 5.45. The van der Waals surface area contributed by atoms with Crippen molar-refractivity contribution in [1.29, 1.82) is 0 Å². The third-order valence-corrected chi connectivity index (χ3v) is 6.58. The van der Waals surface area contributed by atoms with Crippen molar-refractivity contribution < 1.29 is 0 Å². The Kier molecular flexibility index (Phi) is 17.0. The molecule has 1 atom stereocenters. The van der Waals surface area contributed by atoms with Gasteiger partial charge in [0.15, 0.2) is 0 Å². The summed E-state index contributed by atoms with van der Waals surface area (Å²) in [6.07, 6.45) is 28.5. The van der Waals surface area contributed by atoms with E-state index < -0.39 is 0 Å². The second kappa shape index (κ2) is 19.8. The molecule has 0 bridgehead atoms. The highest BCUT2D eigenvalue weighted by atomic mass is 14.8. The summed E-state index contributed by atoms with van der Waals surface area (Å²) in [5.41, 5.74) is 12.6. The predicted octanol–water partition coefficient (Wildman–Crippen LogP) is 8.59. The van der Waals surface area contributed by atoms with E-state index in [9.17, 15) is 0 Å². The second-order valence-electron chi connectivity index (χ2n) is 9.86. The Morgan fingerprint density at radius 3 is 2.21 bits per heavy atom. The minimum atomic E-state index is 0.500. The van der Waals surface area contributed by atoms with Crippen molar-refractivity contribution in [2.24, 2.45) is 11.7 Å². The molecule has 2 aliphatic rings. The predicted molar refractivity (Wildman–Crippen MR) is 171 cm³/mol. The SMILES string of the molecule is C=C(/C=C\C(=C/C)Cc1ccc(NC)cc1)NC.C=C1/C=C\C=C/C(C)/C=C\C=C/1C.NC1CCCCC1. The molecule has 1 aromatic carbocycles. The van der Waals surface area contributed by atoms with Crippen LogP contribution in [0.5, 0.6) is 0 Å². The molecule has 3 rings (SSSR count). The Balaban J connectivity index is 0.000000313. The molecule has 1 fully saturated rings. The van der Waals surface area contributed by atoms with Crippen LogP contribution in [0.1, 0.15) is 58.4 Å². The van der Waals surface area contributed by atoms with Crippen LogP contribution in [0.25, 0.3) is 0 Å². The number of hydrogen-bond donors (Lipinski definition) is 3. The lowest BCUT2D eigenvalue weighted by Gasteiger charge is -2.15. The molecule has 4 N–H and O–H groups in total. The van der Waals surface area contributed by atoms with Crippen molar-refractivity contribution in [2.45, 2.75) is 65.3 Å². The molecule has 0 amide bonds. The molecule has 0 aromatic heterocycles. The lowest BCUT2D eigenvalue weighted by Crippen LogP contribution is -2.22. The molecule has 0 spiro atoms. The molecular weight excluding hydrogens is 462 g/mol. The Hall–Kier alpha value is -3.30. The van der Waals surface area contributed by atoms with Crippen molar-refractivity contribution in [3.05, 3.63) is 126 Å². The van der Waals surface area contributed by atoms with Crippen LogP contribution in [-0.2, 0) is 6.42 Å². The Bertz CT molecular complexity index is 1010. The first-order valence-electron chi connectivity index (χ1n) is 13.9. The smallest absolute Gasteiger partial charge is 0.0337 e. The summed E-state index contributed by atoms with van der Waals surface area (Å²) >= 11 is 0. The average molecular weight is 514 g/mol. The monoisotopic (exact) mass is 513 g/mol. The molecule has 3 nitrogen and oxygen atoms in total. The van der Waals surface area contributed by atoms with Gasteiger partial charge < -0.3 is 16.4 Å². The van der Waals surface area contributed by atoms with Crippen LogP contribution in [-0.4, -0.2) is 20.1 Å². The number of nitrogens with one attached hydrogen (secondary N) is 2. The van der Waals surface area contributed by atoms with Gasteiger partial charge in [-0.05, 0) is 79.5 Å². The summed E-state index contributed by atoms with van der Waals surface area (Å²) in [6.45, 7) is 14.1. The summed E-state index contributed by atoms with van der Waals surface area (Å²) in [5, 5.41) is 6.13. The standard InChI is InChI=1S/C16H22N2.C13H16.C6H13N/c1-5-14(7-6-13(2)17-3)12-15-8-10-16(18-4)11-9-15;1-11-7-4-5-9-12(2)13(3)10-6-8-11;7-6-4-2-1-3-5-6/h5-11,17-18H,2,12H2,1,3-4H3;4-11H,2H2,1,3H3;6H,1-5,7H2/b7-6-,14-5+;7-4-,8-6-,9-5-,13-10-;. The van der Waals surface area contributed by atoms with Crippen LogP contribution in [0.3, 0.4) is 0 Å². The Morgan fingerprint density at radius 1 is 1.00 bits per heavy atom. The van der Waals surface area contributed by atoms with Crippen molar-refractivity contribution in [3.8, 4) is 0 Å². The molecule has 0 saturated heterocycles. The van der Waals surface area contributed by atoms with Gasteiger partial charge in [0.2, 0.25) is 0 Å². The number of likely N-dealkylation sites (N-methyl/N-ethyl adjacent to an activating group) is 1. The zero-order chi connectivity index (χ0) is 28.2. The van der Waals surface area contributed by atoms with Crippen LogP contribution >= 0.6 is 0 Å². The van der Waals surface area contributed by atoms with E-state index in [1.54, 1.807) is 0 Å². The first kappa shape index (κ1) is 32.7. The maximum atomic E-state index is 5.63. The zero-order valence-corrected chi connectivity index (χ0v) is 24.5. The van der Waals surface area contributed by atoms with Gasteiger partial charge in [-0.1, -0.05) is 106 Å². The third kappa shape index (κ3) is 15.1. The fourth-order valence-electron chi connectivity index (χ4n) is 3.80. The first-order chi connectivity index (χ1) is 18.3. The van der Waals surface area contributed by atoms with Crippen LogP contribution in [0.15, 0.2) is 121 Å². The van der Waals surface area contributed by atoms with Gasteiger partial charge in [-0.25, -0.2) is 0 Å². The van der Waals surface area contributed by atoms with Gasteiger partial charge in [0.1, 0.15) is 0 Å². The molecular formula is C35H51N3. The van der Waals surface area contributed by atoms with Gasteiger partial charge in [-0.3, -0.25) is 0 Å². The van der Waals surface area contributed by atoms with Crippen LogP contribution in [0.2, 0.25) is 0 Å².